The molecule has 8 heteroatoms. The third-order valence-electron chi connectivity index (χ3n) is 4.58. The number of halogens is 1. The Hall–Kier alpha value is -2.97. The average molecular weight is 484 g/mol. The van der Waals surface area contributed by atoms with Crippen molar-refractivity contribution in [3.05, 3.63) is 63.8 Å². The molecule has 6 nitrogen and oxygen atoms in total. The Morgan fingerprint density at radius 2 is 2.00 bits per heavy atom. The number of aryl methyl sites for hydroxylation is 1. The van der Waals surface area contributed by atoms with Crippen LogP contribution in [0.2, 0.25) is 0 Å². The van der Waals surface area contributed by atoms with Crippen molar-refractivity contribution < 1.29 is 13.9 Å². The normalized spacial score (nSPS) is 11.7. The van der Waals surface area contributed by atoms with Gasteiger partial charge in [0.05, 0.1) is 13.4 Å². The summed E-state index contributed by atoms with van der Waals surface area (Å²) < 4.78 is 12.3. The van der Waals surface area contributed by atoms with Crippen LogP contribution in [0.4, 0.5) is 5.13 Å². The van der Waals surface area contributed by atoms with Crippen LogP contribution in [0.25, 0.3) is 27.7 Å². The van der Waals surface area contributed by atoms with E-state index in [2.05, 4.69) is 31.4 Å². The SMILES string of the molecule is COc1cc2occ(-c3ccc(Br)cc3)c2cc1/C(C)=C/C(=O)Nc1nnc(C)s1. The number of hydrogen-bond acceptors (Lipinski definition) is 6. The molecular formula is C22H18BrN3O3S. The van der Waals surface area contributed by atoms with Gasteiger partial charge in [-0.25, -0.2) is 0 Å². The lowest BCUT2D eigenvalue weighted by molar-refractivity contribution is -0.111. The third-order valence-corrected chi connectivity index (χ3v) is 5.86. The molecule has 0 aliphatic carbocycles. The molecule has 2 aromatic heterocycles. The smallest absolute Gasteiger partial charge is 0.250 e. The van der Waals surface area contributed by atoms with Crippen LogP contribution in [0, 0.1) is 6.92 Å². The molecule has 0 aliphatic heterocycles. The number of amides is 1. The minimum atomic E-state index is -0.272. The molecule has 0 aliphatic rings. The van der Waals surface area contributed by atoms with Crippen molar-refractivity contribution in [2.45, 2.75) is 13.8 Å². The first-order valence-corrected chi connectivity index (χ1v) is 10.7. The highest BCUT2D eigenvalue weighted by Crippen LogP contribution is 2.37. The van der Waals surface area contributed by atoms with Crippen LogP contribution in [0.1, 0.15) is 17.5 Å². The number of carbonyl (C=O) groups excluding carboxylic acids is 1. The summed E-state index contributed by atoms with van der Waals surface area (Å²) in [5.41, 5.74) is 4.31. The van der Waals surface area contributed by atoms with E-state index >= 15 is 0 Å². The summed E-state index contributed by atoms with van der Waals surface area (Å²) in [6.45, 7) is 3.70. The zero-order chi connectivity index (χ0) is 21.3. The van der Waals surface area contributed by atoms with Gasteiger partial charge in [0.15, 0.2) is 0 Å². The topological polar surface area (TPSA) is 77.2 Å². The third kappa shape index (κ3) is 4.15. The molecule has 4 rings (SSSR count). The Bertz CT molecular complexity index is 1260. The van der Waals surface area contributed by atoms with E-state index in [0.717, 1.165) is 42.7 Å². The fourth-order valence-corrected chi connectivity index (χ4v) is 4.01. The lowest BCUT2D eigenvalue weighted by Gasteiger charge is -2.10. The molecule has 4 aromatic rings. The summed E-state index contributed by atoms with van der Waals surface area (Å²) in [4.78, 5) is 12.4. The highest BCUT2D eigenvalue weighted by molar-refractivity contribution is 9.10. The number of methoxy groups -OCH3 is 1. The highest BCUT2D eigenvalue weighted by atomic mass is 79.9. The predicted octanol–water partition coefficient (Wildman–Crippen LogP) is 6.07. The maximum atomic E-state index is 12.4. The van der Waals surface area contributed by atoms with Crippen LogP contribution in [0.5, 0.6) is 5.75 Å². The minimum absolute atomic E-state index is 0.272. The van der Waals surface area contributed by atoms with Crippen molar-refractivity contribution in [2.24, 2.45) is 0 Å². The van der Waals surface area contributed by atoms with E-state index < -0.39 is 0 Å². The summed E-state index contributed by atoms with van der Waals surface area (Å²) in [5.74, 6) is 0.360. The van der Waals surface area contributed by atoms with Crippen molar-refractivity contribution >= 4 is 54.8 Å². The number of nitrogens with one attached hydrogen (secondary N) is 1. The van der Waals surface area contributed by atoms with Gasteiger partial charge in [-0.05, 0) is 43.2 Å². The van der Waals surface area contributed by atoms with Crippen LogP contribution in [-0.2, 0) is 4.79 Å². The zero-order valence-electron chi connectivity index (χ0n) is 16.5. The number of benzene rings is 2. The Labute approximate surface area is 185 Å². The van der Waals surface area contributed by atoms with E-state index in [9.17, 15) is 4.79 Å². The number of rotatable bonds is 5. The van der Waals surface area contributed by atoms with Crippen LogP contribution >= 0.6 is 27.3 Å². The monoisotopic (exact) mass is 483 g/mol. The quantitative estimate of drug-likeness (QED) is 0.348. The molecule has 0 unspecified atom stereocenters. The molecule has 0 radical (unpaired) electrons. The van der Waals surface area contributed by atoms with Crippen LogP contribution in [-0.4, -0.2) is 23.2 Å². The maximum absolute atomic E-state index is 12.4. The van der Waals surface area contributed by atoms with Gasteiger partial charge in [-0.1, -0.05) is 39.4 Å². The minimum Gasteiger partial charge on any atom is -0.496 e. The van der Waals surface area contributed by atoms with Crippen molar-refractivity contribution in [3.63, 3.8) is 0 Å². The molecule has 0 saturated carbocycles. The largest absolute Gasteiger partial charge is 0.496 e. The number of fused-ring (bicyclic) bond motifs is 1. The molecule has 152 valence electrons. The van der Waals surface area contributed by atoms with Crippen LogP contribution in [0.15, 0.2) is 57.6 Å². The van der Waals surface area contributed by atoms with Gasteiger partial charge in [0.25, 0.3) is 0 Å². The molecule has 30 heavy (non-hydrogen) atoms. The fraction of sp³-hybridized carbons (Fsp3) is 0.136. The van der Waals surface area contributed by atoms with Gasteiger partial charge < -0.3 is 9.15 Å². The number of aromatic nitrogens is 2. The fourth-order valence-electron chi connectivity index (χ4n) is 3.15. The van der Waals surface area contributed by atoms with Crippen molar-refractivity contribution in [1.29, 1.82) is 0 Å². The number of carbonyl (C=O) groups is 1. The van der Waals surface area contributed by atoms with Gasteiger partial charge >= 0.3 is 0 Å². The molecule has 0 fully saturated rings. The van der Waals surface area contributed by atoms with Crippen molar-refractivity contribution in [2.75, 3.05) is 12.4 Å². The van der Waals surface area contributed by atoms with Crippen LogP contribution < -0.4 is 10.1 Å². The molecule has 0 spiro atoms. The molecular weight excluding hydrogens is 466 g/mol. The Balaban J connectivity index is 1.72. The van der Waals surface area contributed by atoms with Gasteiger partial charge in [0.2, 0.25) is 11.0 Å². The average Bonchev–Trinajstić information content (AvgIpc) is 3.32. The van der Waals surface area contributed by atoms with E-state index in [4.69, 9.17) is 9.15 Å². The Kier molecular flexibility index (Phi) is 5.69. The summed E-state index contributed by atoms with van der Waals surface area (Å²) in [7, 11) is 1.60. The number of allylic oxidation sites excluding steroid dienone is 1. The second-order valence-electron chi connectivity index (χ2n) is 6.65. The van der Waals surface area contributed by atoms with Crippen molar-refractivity contribution in [3.8, 4) is 16.9 Å². The van der Waals surface area contributed by atoms with E-state index in [0.29, 0.717) is 10.9 Å². The number of nitrogens with zero attached hydrogens (tertiary/aromatic N) is 2. The van der Waals surface area contributed by atoms with Gasteiger partial charge in [-0.3, -0.25) is 10.1 Å². The second kappa shape index (κ2) is 8.41. The molecule has 1 N–H and O–H groups in total. The number of ether oxygens (including phenoxy) is 1. The molecule has 2 heterocycles. The molecule has 0 saturated heterocycles. The van der Waals surface area contributed by atoms with Gasteiger partial charge in [0.1, 0.15) is 16.3 Å². The first-order valence-electron chi connectivity index (χ1n) is 9.09. The molecule has 2 aromatic carbocycles. The molecule has 0 atom stereocenters. The number of furan rings is 1. The van der Waals surface area contributed by atoms with E-state index in [1.54, 1.807) is 13.4 Å². The maximum Gasteiger partial charge on any atom is 0.250 e. The van der Waals surface area contributed by atoms with E-state index in [1.807, 2.05) is 50.2 Å². The van der Waals surface area contributed by atoms with Crippen LogP contribution in [0.3, 0.4) is 0 Å². The van der Waals surface area contributed by atoms with Gasteiger partial charge in [-0.2, -0.15) is 0 Å². The second-order valence-corrected chi connectivity index (χ2v) is 8.75. The van der Waals surface area contributed by atoms with E-state index in [-0.39, 0.29) is 5.91 Å². The summed E-state index contributed by atoms with van der Waals surface area (Å²) >= 11 is 4.79. The zero-order valence-corrected chi connectivity index (χ0v) is 18.9. The molecule has 0 bridgehead atoms. The van der Waals surface area contributed by atoms with Gasteiger partial charge in [-0.15, -0.1) is 10.2 Å². The standard InChI is InChI=1S/C22H18BrN3O3S/c1-12(8-21(27)24-22-26-25-13(2)30-22)16-9-17-18(14-4-6-15(23)7-5-14)11-29-20(17)10-19(16)28-3/h4-11H,1-3H3,(H,24,26,27)/b12-8+. The number of hydrogen-bond donors (Lipinski definition) is 1. The first-order chi connectivity index (χ1) is 14.4. The first kappa shape index (κ1) is 20.3. The predicted molar refractivity (Wildman–Crippen MR) is 123 cm³/mol. The lowest BCUT2D eigenvalue weighted by atomic mass is 9.99. The summed E-state index contributed by atoms with van der Waals surface area (Å²) in [6, 6.07) is 11.9. The summed E-state index contributed by atoms with van der Waals surface area (Å²) in [5, 5.41) is 12.8. The lowest BCUT2D eigenvalue weighted by Crippen LogP contribution is -2.08. The van der Waals surface area contributed by atoms with Crippen molar-refractivity contribution in [1.82, 2.24) is 10.2 Å². The van der Waals surface area contributed by atoms with E-state index in [1.165, 1.54) is 17.4 Å². The highest BCUT2D eigenvalue weighted by Gasteiger charge is 2.15. The number of anilines is 1. The summed E-state index contributed by atoms with van der Waals surface area (Å²) in [6.07, 6.45) is 3.26. The molecule has 1 amide bonds. The Morgan fingerprint density at radius 1 is 1.23 bits per heavy atom. The Morgan fingerprint density at radius 3 is 2.67 bits per heavy atom. The van der Waals surface area contributed by atoms with Gasteiger partial charge in [0, 0.05) is 33.1 Å².